The van der Waals surface area contributed by atoms with E-state index in [0.717, 1.165) is 18.7 Å². The summed E-state index contributed by atoms with van der Waals surface area (Å²) in [5.41, 5.74) is 9.63. The summed E-state index contributed by atoms with van der Waals surface area (Å²) in [6, 6.07) is 8.65. The third-order valence-corrected chi connectivity index (χ3v) is 3.76. The number of hydrogen-bond donors (Lipinski definition) is 1. The van der Waals surface area contributed by atoms with Crippen molar-refractivity contribution in [1.29, 1.82) is 0 Å². The van der Waals surface area contributed by atoms with Gasteiger partial charge in [0.15, 0.2) is 0 Å². The Morgan fingerprint density at radius 1 is 1.33 bits per heavy atom. The van der Waals surface area contributed by atoms with Gasteiger partial charge in [0, 0.05) is 30.3 Å². The summed E-state index contributed by atoms with van der Waals surface area (Å²) in [6.45, 7) is 5.22. The van der Waals surface area contributed by atoms with Crippen LogP contribution in [0.25, 0.3) is 11.3 Å². The SMILES string of the molecule is Cc1ccccc1-c1cn2c(n1)C(C)CC(N)C2. The van der Waals surface area contributed by atoms with Crippen molar-refractivity contribution in [3.05, 3.63) is 41.9 Å². The smallest absolute Gasteiger partial charge is 0.112 e. The maximum Gasteiger partial charge on any atom is 0.112 e. The largest absolute Gasteiger partial charge is 0.332 e. The first kappa shape index (κ1) is 11.5. The van der Waals surface area contributed by atoms with Gasteiger partial charge in [0.25, 0.3) is 0 Å². The lowest BCUT2D eigenvalue weighted by Gasteiger charge is -2.25. The molecule has 0 fully saturated rings. The quantitative estimate of drug-likeness (QED) is 0.834. The van der Waals surface area contributed by atoms with Crippen molar-refractivity contribution >= 4 is 0 Å². The van der Waals surface area contributed by atoms with E-state index in [9.17, 15) is 0 Å². The Hall–Kier alpha value is -1.61. The van der Waals surface area contributed by atoms with E-state index in [0.29, 0.717) is 5.92 Å². The van der Waals surface area contributed by atoms with Gasteiger partial charge in [-0.2, -0.15) is 0 Å². The predicted octanol–water partition coefficient (Wildman–Crippen LogP) is 2.69. The number of aromatic nitrogens is 2. The normalized spacial score (nSPS) is 22.8. The second-order valence-corrected chi connectivity index (χ2v) is 5.35. The highest BCUT2D eigenvalue weighted by molar-refractivity contribution is 5.63. The average Bonchev–Trinajstić information content (AvgIpc) is 2.73. The molecule has 0 saturated carbocycles. The third kappa shape index (κ3) is 1.85. The van der Waals surface area contributed by atoms with Crippen molar-refractivity contribution in [3.63, 3.8) is 0 Å². The number of benzene rings is 1. The van der Waals surface area contributed by atoms with E-state index in [4.69, 9.17) is 10.7 Å². The molecular formula is C15H19N3. The lowest BCUT2D eigenvalue weighted by Crippen LogP contribution is -2.33. The number of aryl methyl sites for hydroxylation is 1. The molecule has 3 nitrogen and oxygen atoms in total. The highest BCUT2D eigenvalue weighted by Gasteiger charge is 2.24. The minimum atomic E-state index is 0.256. The number of fused-ring (bicyclic) bond motifs is 1. The first-order valence-electron chi connectivity index (χ1n) is 6.54. The van der Waals surface area contributed by atoms with Gasteiger partial charge in [0.1, 0.15) is 5.82 Å². The summed E-state index contributed by atoms with van der Waals surface area (Å²) >= 11 is 0. The van der Waals surface area contributed by atoms with Crippen molar-refractivity contribution in [3.8, 4) is 11.3 Å². The molecule has 94 valence electrons. The van der Waals surface area contributed by atoms with Crippen molar-refractivity contribution in [2.75, 3.05) is 0 Å². The van der Waals surface area contributed by atoms with Crippen molar-refractivity contribution in [1.82, 2.24) is 9.55 Å². The van der Waals surface area contributed by atoms with E-state index in [1.807, 2.05) is 0 Å². The number of nitrogens with zero attached hydrogens (tertiary/aromatic N) is 2. The Balaban J connectivity index is 2.06. The fourth-order valence-corrected chi connectivity index (χ4v) is 2.85. The van der Waals surface area contributed by atoms with Crippen LogP contribution in [0.15, 0.2) is 30.5 Å². The molecule has 2 unspecified atom stereocenters. The lowest BCUT2D eigenvalue weighted by atomic mass is 9.98. The molecule has 3 rings (SSSR count). The Bertz CT molecular complexity index is 571. The molecule has 0 bridgehead atoms. The fraction of sp³-hybridized carbons (Fsp3) is 0.400. The van der Waals surface area contributed by atoms with Crippen LogP contribution >= 0.6 is 0 Å². The van der Waals surface area contributed by atoms with Crippen LogP contribution in [0.5, 0.6) is 0 Å². The third-order valence-electron chi connectivity index (χ3n) is 3.76. The molecule has 1 aliphatic rings. The molecule has 3 heteroatoms. The molecule has 2 atom stereocenters. The molecule has 2 heterocycles. The minimum Gasteiger partial charge on any atom is -0.332 e. The van der Waals surface area contributed by atoms with E-state index in [2.05, 4.69) is 48.9 Å². The van der Waals surface area contributed by atoms with Crippen molar-refractivity contribution in [2.24, 2.45) is 5.73 Å². The number of nitrogens with two attached hydrogens (primary N) is 1. The first-order valence-corrected chi connectivity index (χ1v) is 6.54. The van der Waals surface area contributed by atoms with Gasteiger partial charge >= 0.3 is 0 Å². The van der Waals surface area contributed by atoms with Gasteiger partial charge in [0.2, 0.25) is 0 Å². The van der Waals surface area contributed by atoms with E-state index >= 15 is 0 Å². The molecule has 18 heavy (non-hydrogen) atoms. The Morgan fingerprint density at radius 3 is 2.89 bits per heavy atom. The average molecular weight is 241 g/mol. The van der Waals surface area contributed by atoms with Crippen molar-refractivity contribution in [2.45, 2.75) is 38.8 Å². The maximum absolute atomic E-state index is 6.07. The summed E-state index contributed by atoms with van der Waals surface area (Å²) in [5, 5.41) is 0. The summed E-state index contributed by atoms with van der Waals surface area (Å²) in [5.74, 6) is 1.63. The maximum atomic E-state index is 6.07. The molecule has 1 aliphatic heterocycles. The summed E-state index contributed by atoms with van der Waals surface area (Å²) < 4.78 is 2.22. The molecule has 0 radical (unpaired) electrons. The molecule has 1 aromatic carbocycles. The van der Waals surface area contributed by atoms with Crippen LogP contribution in [0, 0.1) is 6.92 Å². The van der Waals surface area contributed by atoms with Crippen LogP contribution in [-0.2, 0) is 6.54 Å². The van der Waals surface area contributed by atoms with Crippen LogP contribution < -0.4 is 5.73 Å². The summed E-state index contributed by atoms with van der Waals surface area (Å²) in [6.07, 6.45) is 3.18. The topological polar surface area (TPSA) is 43.8 Å². The molecule has 1 aromatic heterocycles. The minimum absolute atomic E-state index is 0.256. The van der Waals surface area contributed by atoms with Gasteiger partial charge < -0.3 is 10.3 Å². The predicted molar refractivity (Wildman–Crippen MR) is 73.4 cm³/mol. The van der Waals surface area contributed by atoms with Gasteiger partial charge in [-0.3, -0.25) is 0 Å². The second-order valence-electron chi connectivity index (χ2n) is 5.35. The van der Waals surface area contributed by atoms with Gasteiger partial charge in [-0.05, 0) is 18.9 Å². The zero-order chi connectivity index (χ0) is 12.7. The van der Waals surface area contributed by atoms with Crippen LogP contribution in [0.4, 0.5) is 0 Å². The zero-order valence-corrected chi connectivity index (χ0v) is 10.9. The lowest BCUT2D eigenvalue weighted by molar-refractivity contribution is 0.407. The van der Waals surface area contributed by atoms with E-state index in [1.165, 1.54) is 17.0 Å². The van der Waals surface area contributed by atoms with E-state index in [1.54, 1.807) is 0 Å². The van der Waals surface area contributed by atoms with E-state index < -0.39 is 0 Å². The zero-order valence-electron chi connectivity index (χ0n) is 10.9. The standard InChI is InChI=1S/C15H19N3/c1-10-5-3-4-6-13(10)14-9-18-8-12(16)7-11(2)15(18)17-14/h3-6,9,11-12H,7-8,16H2,1-2H3. The highest BCUT2D eigenvalue weighted by atomic mass is 15.1. The Morgan fingerprint density at radius 2 is 2.11 bits per heavy atom. The molecule has 0 aliphatic carbocycles. The Kier molecular flexibility index (Phi) is 2.71. The molecule has 0 saturated heterocycles. The first-order chi connectivity index (χ1) is 8.65. The van der Waals surface area contributed by atoms with Gasteiger partial charge in [-0.1, -0.05) is 31.2 Å². The highest BCUT2D eigenvalue weighted by Crippen LogP contribution is 2.30. The molecule has 2 N–H and O–H groups in total. The van der Waals surface area contributed by atoms with Gasteiger partial charge in [0.05, 0.1) is 5.69 Å². The van der Waals surface area contributed by atoms with Crippen LogP contribution in [0.1, 0.15) is 30.7 Å². The van der Waals surface area contributed by atoms with Crippen molar-refractivity contribution < 1.29 is 0 Å². The number of rotatable bonds is 1. The molecular weight excluding hydrogens is 222 g/mol. The van der Waals surface area contributed by atoms with Crippen LogP contribution in [0.2, 0.25) is 0 Å². The summed E-state index contributed by atoms with van der Waals surface area (Å²) in [7, 11) is 0. The van der Waals surface area contributed by atoms with E-state index in [-0.39, 0.29) is 6.04 Å². The number of imidazole rings is 1. The second kappa shape index (κ2) is 4.25. The Labute approximate surface area is 108 Å². The van der Waals surface area contributed by atoms with Gasteiger partial charge in [-0.25, -0.2) is 4.98 Å². The van der Waals surface area contributed by atoms with Crippen LogP contribution in [0.3, 0.4) is 0 Å². The molecule has 0 amide bonds. The fourth-order valence-electron chi connectivity index (χ4n) is 2.85. The summed E-state index contributed by atoms with van der Waals surface area (Å²) in [4.78, 5) is 4.80. The van der Waals surface area contributed by atoms with Crippen LogP contribution in [-0.4, -0.2) is 15.6 Å². The number of hydrogen-bond acceptors (Lipinski definition) is 2. The molecule has 2 aromatic rings. The monoisotopic (exact) mass is 241 g/mol. The van der Waals surface area contributed by atoms with Gasteiger partial charge in [-0.15, -0.1) is 0 Å². The molecule has 0 spiro atoms.